The van der Waals surface area contributed by atoms with Gasteiger partial charge in [0.25, 0.3) is 0 Å². The Hall–Kier alpha value is -0.870. The maximum absolute atomic E-state index is 4.38. The van der Waals surface area contributed by atoms with Gasteiger partial charge in [0.15, 0.2) is 0 Å². The monoisotopic (exact) mass is 238 g/mol. The van der Waals surface area contributed by atoms with E-state index in [1.54, 1.807) is 0 Å². The molecule has 98 valence electrons. The Morgan fingerprint density at radius 3 is 2.65 bits per heavy atom. The fraction of sp³-hybridized carbons (Fsp3) is 0.769. The molecule has 0 aliphatic carbocycles. The summed E-state index contributed by atoms with van der Waals surface area (Å²) in [7, 11) is 2.02. The zero-order valence-electron chi connectivity index (χ0n) is 11.8. The molecule has 1 rings (SSSR count). The van der Waals surface area contributed by atoms with Crippen molar-refractivity contribution in [1.82, 2.24) is 20.0 Å². The van der Waals surface area contributed by atoms with Crippen LogP contribution in [0, 0.1) is 6.92 Å². The molecule has 0 atom stereocenters. The van der Waals surface area contributed by atoms with Gasteiger partial charge < -0.3 is 5.32 Å². The molecule has 0 spiro atoms. The maximum atomic E-state index is 4.38. The number of aryl methyl sites for hydroxylation is 2. The number of likely N-dealkylation sites (N-methyl/N-ethyl adjacent to an activating group) is 1. The molecule has 1 aromatic heterocycles. The van der Waals surface area contributed by atoms with Crippen molar-refractivity contribution in [2.45, 2.75) is 40.3 Å². The molecular formula is C13H26N4. The Bertz CT molecular complexity index is 330. The third-order valence-corrected chi connectivity index (χ3v) is 2.91. The van der Waals surface area contributed by atoms with Gasteiger partial charge in [-0.2, -0.15) is 5.10 Å². The molecule has 0 saturated heterocycles. The van der Waals surface area contributed by atoms with Crippen LogP contribution < -0.4 is 5.32 Å². The number of hydrogen-bond acceptors (Lipinski definition) is 3. The predicted molar refractivity (Wildman–Crippen MR) is 72.0 cm³/mol. The van der Waals surface area contributed by atoms with E-state index in [9.17, 15) is 0 Å². The van der Waals surface area contributed by atoms with Gasteiger partial charge in [-0.3, -0.25) is 9.58 Å². The Labute approximate surface area is 105 Å². The summed E-state index contributed by atoms with van der Waals surface area (Å²) in [5, 5.41) is 7.83. The standard InChI is InChI=1S/C13H26N4/c1-6-17(8-7-14-11(2)3)10-13-9-12(4)15-16(13)5/h9,11,14H,6-8,10H2,1-5H3. The molecule has 0 radical (unpaired) electrons. The van der Waals surface area contributed by atoms with E-state index in [0.717, 1.165) is 31.9 Å². The van der Waals surface area contributed by atoms with Gasteiger partial charge in [-0.25, -0.2) is 0 Å². The summed E-state index contributed by atoms with van der Waals surface area (Å²) in [6.07, 6.45) is 0. The van der Waals surface area contributed by atoms with E-state index in [4.69, 9.17) is 0 Å². The topological polar surface area (TPSA) is 33.1 Å². The quantitative estimate of drug-likeness (QED) is 0.782. The van der Waals surface area contributed by atoms with Crippen LogP contribution in [0.5, 0.6) is 0 Å². The Morgan fingerprint density at radius 1 is 1.47 bits per heavy atom. The van der Waals surface area contributed by atoms with E-state index in [-0.39, 0.29) is 0 Å². The van der Waals surface area contributed by atoms with E-state index in [1.165, 1.54) is 5.69 Å². The second kappa shape index (κ2) is 6.77. The average Bonchev–Trinajstić information content (AvgIpc) is 2.55. The Morgan fingerprint density at radius 2 is 2.18 bits per heavy atom. The lowest BCUT2D eigenvalue weighted by Gasteiger charge is -2.21. The number of hydrogen-bond donors (Lipinski definition) is 1. The van der Waals surface area contributed by atoms with Crippen LogP contribution in [-0.4, -0.2) is 40.4 Å². The van der Waals surface area contributed by atoms with Crippen LogP contribution in [0.15, 0.2) is 6.07 Å². The highest BCUT2D eigenvalue weighted by molar-refractivity contribution is 5.08. The molecular weight excluding hydrogens is 212 g/mol. The van der Waals surface area contributed by atoms with Crippen LogP contribution in [0.2, 0.25) is 0 Å². The molecule has 0 aromatic carbocycles. The van der Waals surface area contributed by atoms with Crippen molar-refractivity contribution >= 4 is 0 Å². The maximum Gasteiger partial charge on any atom is 0.0597 e. The molecule has 0 unspecified atom stereocenters. The minimum Gasteiger partial charge on any atom is -0.313 e. The molecule has 4 nitrogen and oxygen atoms in total. The van der Waals surface area contributed by atoms with Crippen LogP contribution in [0.25, 0.3) is 0 Å². The summed E-state index contributed by atoms with van der Waals surface area (Å²) in [6, 6.07) is 2.73. The molecule has 4 heteroatoms. The highest BCUT2D eigenvalue weighted by atomic mass is 15.3. The summed E-state index contributed by atoms with van der Waals surface area (Å²) in [6.45, 7) is 12.8. The third-order valence-electron chi connectivity index (χ3n) is 2.91. The number of nitrogens with zero attached hydrogens (tertiary/aromatic N) is 3. The zero-order valence-corrected chi connectivity index (χ0v) is 11.8. The van der Waals surface area contributed by atoms with Crippen LogP contribution in [-0.2, 0) is 13.6 Å². The van der Waals surface area contributed by atoms with Crippen molar-refractivity contribution in [3.05, 3.63) is 17.5 Å². The van der Waals surface area contributed by atoms with Gasteiger partial charge in [-0.1, -0.05) is 20.8 Å². The normalized spacial score (nSPS) is 11.7. The minimum atomic E-state index is 0.563. The average molecular weight is 238 g/mol. The summed E-state index contributed by atoms with van der Waals surface area (Å²) in [5.41, 5.74) is 2.38. The van der Waals surface area contributed by atoms with Crippen molar-refractivity contribution in [2.75, 3.05) is 19.6 Å². The first kappa shape index (κ1) is 14.2. The summed E-state index contributed by atoms with van der Waals surface area (Å²) < 4.78 is 1.98. The molecule has 0 saturated carbocycles. The van der Waals surface area contributed by atoms with Crippen molar-refractivity contribution in [3.8, 4) is 0 Å². The number of nitrogens with one attached hydrogen (secondary N) is 1. The molecule has 1 heterocycles. The number of aromatic nitrogens is 2. The lowest BCUT2D eigenvalue weighted by Crippen LogP contribution is -2.34. The van der Waals surface area contributed by atoms with Crippen LogP contribution in [0.1, 0.15) is 32.2 Å². The fourth-order valence-corrected chi connectivity index (χ4v) is 1.90. The first-order valence-electron chi connectivity index (χ1n) is 6.48. The van der Waals surface area contributed by atoms with Crippen LogP contribution >= 0.6 is 0 Å². The molecule has 17 heavy (non-hydrogen) atoms. The zero-order chi connectivity index (χ0) is 12.8. The second-order valence-electron chi connectivity index (χ2n) is 4.88. The van der Waals surface area contributed by atoms with E-state index >= 15 is 0 Å². The molecule has 1 N–H and O–H groups in total. The Kier molecular flexibility index (Phi) is 5.65. The van der Waals surface area contributed by atoms with Crippen LogP contribution in [0.4, 0.5) is 0 Å². The Balaban J connectivity index is 2.43. The molecule has 0 fully saturated rings. The number of rotatable bonds is 7. The van der Waals surface area contributed by atoms with Gasteiger partial charge in [-0.15, -0.1) is 0 Å². The van der Waals surface area contributed by atoms with Gasteiger partial charge in [-0.05, 0) is 19.5 Å². The van der Waals surface area contributed by atoms with Gasteiger partial charge >= 0.3 is 0 Å². The minimum absolute atomic E-state index is 0.563. The third kappa shape index (κ3) is 4.88. The fourth-order valence-electron chi connectivity index (χ4n) is 1.90. The largest absolute Gasteiger partial charge is 0.313 e. The predicted octanol–water partition coefficient (Wildman–Crippen LogP) is 1.55. The smallest absolute Gasteiger partial charge is 0.0597 e. The lowest BCUT2D eigenvalue weighted by molar-refractivity contribution is 0.269. The molecule has 1 aromatic rings. The van der Waals surface area contributed by atoms with Crippen LogP contribution in [0.3, 0.4) is 0 Å². The molecule has 0 amide bonds. The SMILES string of the molecule is CCN(CCNC(C)C)Cc1cc(C)nn1C. The first-order valence-corrected chi connectivity index (χ1v) is 6.48. The van der Waals surface area contributed by atoms with E-state index in [1.807, 2.05) is 18.7 Å². The van der Waals surface area contributed by atoms with E-state index in [0.29, 0.717) is 6.04 Å². The highest BCUT2D eigenvalue weighted by Gasteiger charge is 2.07. The molecule has 0 aliphatic rings. The van der Waals surface area contributed by atoms with Gasteiger partial charge in [0.05, 0.1) is 11.4 Å². The lowest BCUT2D eigenvalue weighted by atomic mass is 10.3. The summed E-state index contributed by atoms with van der Waals surface area (Å²) >= 11 is 0. The van der Waals surface area contributed by atoms with Crippen molar-refractivity contribution in [3.63, 3.8) is 0 Å². The molecule has 0 bridgehead atoms. The van der Waals surface area contributed by atoms with Gasteiger partial charge in [0, 0.05) is 32.7 Å². The summed E-state index contributed by atoms with van der Waals surface area (Å²) in [4.78, 5) is 2.44. The van der Waals surface area contributed by atoms with Gasteiger partial charge in [0.1, 0.15) is 0 Å². The van der Waals surface area contributed by atoms with Gasteiger partial charge in [0.2, 0.25) is 0 Å². The van der Waals surface area contributed by atoms with Crippen molar-refractivity contribution < 1.29 is 0 Å². The highest BCUT2D eigenvalue weighted by Crippen LogP contribution is 2.05. The first-order chi connectivity index (χ1) is 8.02. The molecule has 0 aliphatic heterocycles. The van der Waals surface area contributed by atoms with Crippen molar-refractivity contribution in [2.24, 2.45) is 7.05 Å². The summed E-state index contributed by atoms with van der Waals surface area (Å²) in [5.74, 6) is 0. The van der Waals surface area contributed by atoms with Crippen molar-refractivity contribution in [1.29, 1.82) is 0 Å². The van der Waals surface area contributed by atoms with E-state index < -0.39 is 0 Å². The van der Waals surface area contributed by atoms with E-state index in [2.05, 4.69) is 42.2 Å². The second-order valence-corrected chi connectivity index (χ2v) is 4.88.